The monoisotopic (exact) mass is 390 g/mol. The van der Waals surface area contributed by atoms with Crippen LogP contribution >= 0.6 is 11.6 Å². The topological polar surface area (TPSA) is 59.0 Å². The first-order valence-corrected chi connectivity index (χ1v) is 8.85. The Bertz CT molecular complexity index is 504. The zero-order valence-electron chi connectivity index (χ0n) is 14.5. The number of likely N-dealkylation sites (tertiary alicyclic amines) is 1. The summed E-state index contributed by atoms with van der Waals surface area (Å²) in [5, 5.41) is 10.8. The van der Waals surface area contributed by atoms with Gasteiger partial charge in [0.25, 0.3) is 0 Å². The molecule has 1 saturated heterocycles. The van der Waals surface area contributed by atoms with Gasteiger partial charge in [-0.2, -0.15) is 0 Å². The van der Waals surface area contributed by atoms with Crippen LogP contribution in [0.5, 0.6) is 0 Å². The Morgan fingerprint density at radius 2 is 1.96 bits per heavy atom. The van der Waals surface area contributed by atoms with E-state index in [1.807, 2.05) is 31.2 Å². The van der Waals surface area contributed by atoms with E-state index in [-0.39, 0.29) is 24.3 Å². The Hall–Kier alpha value is -0.850. The van der Waals surface area contributed by atoms with Crippen molar-refractivity contribution < 1.29 is 31.8 Å². The minimum atomic E-state index is -0.531. The quantitative estimate of drug-likeness (QED) is 0.606. The van der Waals surface area contributed by atoms with Crippen molar-refractivity contribution in [3.05, 3.63) is 34.9 Å². The molecule has 1 unspecified atom stereocenters. The minimum Gasteiger partial charge on any atom is -1.00 e. The Labute approximate surface area is 160 Å². The molecule has 1 aromatic rings. The van der Waals surface area contributed by atoms with Gasteiger partial charge in [0.2, 0.25) is 0 Å². The van der Waals surface area contributed by atoms with Gasteiger partial charge in [-0.05, 0) is 50.6 Å². The summed E-state index contributed by atoms with van der Waals surface area (Å²) in [7, 11) is 0. The molecule has 7 heteroatoms. The minimum absolute atomic E-state index is 0. The maximum atomic E-state index is 11.7. The fraction of sp³-hybridized carbons (Fsp3) is 0.611. The molecule has 1 N–H and O–H groups in total. The van der Waals surface area contributed by atoms with Gasteiger partial charge in [0.15, 0.2) is 0 Å². The Morgan fingerprint density at radius 3 is 2.56 bits per heavy atom. The maximum absolute atomic E-state index is 11.7. The number of benzene rings is 1. The summed E-state index contributed by atoms with van der Waals surface area (Å²) in [5.41, 5.74) is 1.03. The molecule has 1 aromatic carbocycles. The van der Waals surface area contributed by atoms with Gasteiger partial charge < -0.3 is 31.9 Å². The number of hydrogen-bond donors (Lipinski definition) is 1. The summed E-state index contributed by atoms with van der Waals surface area (Å²) in [6.07, 6.45) is 1.05. The molecule has 1 atom stereocenters. The summed E-state index contributed by atoms with van der Waals surface area (Å²) < 4.78 is 10.6. The highest BCUT2D eigenvalue weighted by molar-refractivity contribution is 6.30. The fourth-order valence-corrected chi connectivity index (χ4v) is 2.98. The largest absolute Gasteiger partial charge is 1.00 e. The van der Waals surface area contributed by atoms with E-state index in [0.717, 1.165) is 31.5 Å². The predicted molar refractivity (Wildman–Crippen MR) is 92.9 cm³/mol. The number of piperidine rings is 1. The van der Waals surface area contributed by atoms with Crippen LogP contribution in [0.15, 0.2) is 24.3 Å². The first-order chi connectivity index (χ1) is 11.6. The van der Waals surface area contributed by atoms with Gasteiger partial charge in [0, 0.05) is 11.6 Å². The molecule has 0 spiro atoms. The molecule has 0 aromatic heterocycles. The summed E-state index contributed by atoms with van der Waals surface area (Å²) in [5.74, 6) is -0.0940. The summed E-state index contributed by atoms with van der Waals surface area (Å²) in [6, 6.07) is 7.47. The second-order valence-corrected chi connectivity index (χ2v) is 6.56. The van der Waals surface area contributed by atoms with Crippen molar-refractivity contribution in [2.45, 2.75) is 32.5 Å². The van der Waals surface area contributed by atoms with Crippen LogP contribution in [0.25, 0.3) is 0 Å². The highest BCUT2D eigenvalue weighted by Gasteiger charge is 2.26. The molecule has 0 bridgehead atoms. The van der Waals surface area contributed by atoms with Crippen molar-refractivity contribution in [3.63, 3.8) is 0 Å². The van der Waals surface area contributed by atoms with Crippen LogP contribution in [0.4, 0.5) is 0 Å². The molecule has 2 rings (SSSR count). The van der Waals surface area contributed by atoms with Gasteiger partial charge in [0.1, 0.15) is 0 Å². The highest BCUT2D eigenvalue weighted by atomic mass is 35.5. The summed E-state index contributed by atoms with van der Waals surface area (Å²) in [4.78, 5) is 13.9. The number of ether oxygens (including phenoxy) is 2. The van der Waals surface area contributed by atoms with Gasteiger partial charge in [0.05, 0.1) is 31.8 Å². The molecule has 0 aliphatic carbocycles. The number of aliphatic hydroxyl groups is 1. The first kappa shape index (κ1) is 22.2. The van der Waals surface area contributed by atoms with Crippen molar-refractivity contribution in [1.82, 2.24) is 4.90 Å². The predicted octanol–water partition coefficient (Wildman–Crippen LogP) is -0.503. The number of esters is 1. The van der Waals surface area contributed by atoms with E-state index >= 15 is 0 Å². The molecule has 5 nitrogen and oxygen atoms in total. The Balaban J connectivity index is 0.00000312. The second-order valence-electron chi connectivity index (χ2n) is 6.12. The van der Waals surface area contributed by atoms with Gasteiger partial charge in [-0.25, -0.2) is 0 Å². The molecule has 25 heavy (non-hydrogen) atoms. The number of rotatable bonds is 8. The fourth-order valence-electron chi connectivity index (χ4n) is 2.86. The van der Waals surface area contributed by atoms with Crippen molar-refractivity contribution in [3.8, 4) is 0 Å². The van der Waals surface area contributed by atoms with E-state index in [1.165, 1.54) is 0 Å². The lowest BCUT2D eigenvalue weighted by Crippen LogP contribution is -3.00. The number of aliphatic hydroxyl groups excluding tert-OH is 1. The summed E-state index contributed by atoms with van der Waals surface area (Å²) >= 11 is 5.84. The SMILES string of the molecule is CCOC(=O)C1CCN(CC(O)COCc2ccc(Cl)cc2)CC1.[Cl-]. The van der Waals surface area contributed by atoms with Crippen LogP contribution < -0.4 is 12.4 Å². The Morgan fingerprint density at radius 1 is 1.32 bits per heavy atom. The third-order valence-electron chi connectivity index (χ3n) is 4.17. The molecule has 1 fully saturated rings. The lowest BCUT2D eigenvalue weighted by atomic mass is 9.97. The average Bonchev–Trinajstić information content (AvgIpc) is 2.57. The van der Waals surface area contributed by atoms with E-state index in [9.17, 15) is 9.90 Å². The molecule has 0 saturated carbocycles. The average molecular weight is 391 g/mol. The number of carbonyl (C=O) groups excluding carboxylic acids is 1. The van der Waals surface area contributed by atoms with Crippen LogP contribution in [0.1, 0.15) is 25.3 Å². The number of halogens is 2. The number of carbonyl (C=O) groups is 1. The second kappa shape index (κ2) is 11.7. The van der Waals surface area contributed by atoms with Crippen LogP contribution in [0.3, 0.4) is 0 Å². The van der Waals surface area contributed by atoms with Gasteiger partial charge in [-0.15, -0.1) is 0 Å². The van der Waals surface area contributed by atoms with Crippen LogP contribution in [0.2, 0.25) is 5.02 Å². The van der Waals surface area contributed by atoms with Crippen LogP contribution in [-0.2, 0) is 20.9 Å². The van der Waals surface area contributed by atoms with Crippen molar-refractivity contribution in [2.24, 2.45) is 5.92 Å². The molecular weight excluding hydrogens is 365 g/mol. The zero-order chi connectivity index (χ0) is 17.4. The number of hydrogen-bond acceptors (Lipinski definition) is 5. The lowest BCUT2D eigenvalue weighted by Gasteiger charge is -2.32. The molecular formula is C18H26Cl2NO4-. The molecule has 1 aliphatic heterocycles. The number of β-amino-alcohol motifs (C(OH)–C–C–N with tert-alkyl or cyclic N) is 1. The van der Waals surface area contributed by atoms with Crippen molar-refractivity contribution in [1.29, 1.82) is 0 Å². The maximum Gasteiger partial charge on any atom is 0.309 e. The van der Waals surface area contributed by atoms with Crippen molar-refractivity contribution in [2.75, 3.05) is 32.8 Å². The highest BCUT2D eigenvalue weighted by Crippen LogP contribution is 2.19. The normalized spacial score (nSPS) is 16.9. The van der Waals surface area contributed by atoms with Crippen molar-refractivity contribution >= 4 is 17.6 Å². The lowest BCUT2D eigenvalue weighted by molar-refractivity contribution is -0.149. The third kappa shape index (κ3) is 7.92. The van der Waals surface area contributed by atoms with E-state index in [1.54, 1.807) is 0 Å². The Kier molecular flexibility index (Phi) is 10.4. The molecule has 0 amide bonds. The van der Waals surface area contributed by atoms with Gasteiger partial charge in [-0.3, -0.25) is 4.79 Å². The van der Waals surface area contributed by atoms with Gasteiger partial charge in [-0.1, -0.05) is 23.7 Å². The standard InChI is InChI=1S/C18H26ClNO4.ClH/c1-2-24-18(22)15-7-9-20(10-8-15)11-17(21)13-23-12-14-3-5-16(19)6-4-14;/h3-6,15,17,21H,2,7-13H2,1H3;1H/p-1. The van der Waals surface area contributed by atoms with Crippen LogP contribution in [0, 0.1) is 5.92 Å². The molecule has 1 heterocycles. The van der Waals surface area contributed by atoms with Crippen LogP contribution in [-0.4, -0.2) is 54.9 Å². The van der Waals surface area contributed by atoms with E-state index in [2.05, 4.69) is 4.90 Å². The molecule has 1 aliphatic rings. The van der Waals surface area contributed by atoms with Gasteiger partial charge >= 0.3 is 5.97 Å². The van der Waals surface area contributed by atoms with E-state index in [0.29, 0.717) is 31.4 Å². The molecule has 142 valence electrons. The number of nitrogens with zero attached hydrogens (tertiary/aromatic N) is 1. The summed E-state index contributed by atoms with van der Waals surface area (Å²) in [6.45, 7) is 5.18. The van der Waals surface area contributed by atoms with E-state index < -0.39 is 6.10 Å². The third-order valence-corrected chi connectivity index (χ3v) is 4.42. The molecule has 0 radical (unpaired) electrons. The first-order valence-electron chi connectivity index (χ1n) is 8.47. The smallest absolute Gasteiger partial charge is 0.309 e. The van der Waals surface area contributed by atoms with E-state index in [4.69, 9.17) is 21.1 Å². The zero-order valence-corrected chi connectivity index (χ0v) is 16.0.